The van der Waals surface area contributed by atoms with E-state index in [9.17, 15) is 5.26 Å². The van der Waals surface area contributed by atoms with Crippen LogP contribution in [0.4, 0.5) is 0 Å². The molecule has 0 amide bonds. The molecule has 2 bridgehead atoms. The van der Waals surface area contributed by atoms with Gasteiger partial charge in [-0.1, -0.05) is 18.2 Å². The molecule has 2 N–H and O–H groups in total. The zero-order chi connectivity index (χ0) is 21.9. The normalized spacial score (nSPS) is 32.9. The van der Waals surface area contributed by atoms with E-state index in [1.165, 1.54) is 0 Å². The predicted molar refractivity (Wildman–Crippen MR) is 118 cm³/mol. The van der Waals surface area contributed by atoms with Crippen molar-refractivity contribution >= 4 is 5.96 Å². The first kappa shape index (κ1) is 19.6. The minimum absolute atomic E-state index is 0.0198. The second kappa shape index (κ2) is 6.96. The van der Waals surface area contributed by atoms with Gasteiger partial charge in [-0.05, 0) is 61.1 Å². The smallest absolute Gasteiger partial charge is 0.221 e. The van der Waals surface area contributed by atoms with E-state index in [4.69, 9.17) is 25.0 Å². The van der Waals surface area contributed by atoms with E-state index in [1.807, 2.05) is 30.3 Å². The number of nitrogens with two attached hydrogens (primary N) is 1. The number of rotatable bonds is 2. The third kappa shape index (κ3) is 2.90. The lowest BCUT2D eigenvalue weighted by atomic mass is 9.65. The molecule has 0 radical (unpaired) electrons. The van der Waals surface area contributed by atoms with Gasteiger partial charge in [-0.25, -0.2) is 14.9 Å². The van der Waals surface area contributed by atoms with Gasteiger partial charge in [-0.15, -0.1) is 0 Å². The maximum Gasteiger partial charge on any atom is 0.221 e. The van der Waals surface area contributed by atoms with E-state index < -0.39 is 5.72 Å². The van der Waals surface area contributed by atoms with Gasteiger partial charge >= 0.3 is 0 Å². The number of hydrogen-bond donors (Lipinski definition) is 1. The third-order valence-electron chi connectivity index (χ3n) is 7.58. The maximum atomic E-state index is 9.29. The van der Waals surface area contributed by atoms with Crippen LogP contribution in [0.3, 0.4) is 0 Å². The van der Waals surface area contributed by atoms with Crippen LogP contribution in [0.25, 0.3) is 11.1 Å². The Morgan fingerprint density at radius 2 is 1.97 bits per heavy atom. The molecule has 2 saturated heterocycles. The molecule has 7 rings (SSSR count). The first-order valence-electron chi connectivity index (χ1n) is 11.2. The first-order valence-corrected chi connectivity index (χ1v) is 11.2. The molecule has 5 aliphatic rings. The van der Waals surface area contributed by atoms with Crippen molar-refractivity contribution in [1.29, 1.82) is 5.26 Å². The summed E-state index contributed by atoms with van der Waals surface area (Å²) >= 11 is 0. The molecule has 2 atom stereocenters. The molecule has 2 aromatic rings. The quantitative estimate of drug-likeness (QED) is 0.781. The fourth-order valence-electron chi connectivity index (χ4n) is 5.70. The summed E-state index contributed by atoms with van der Waals surface area (Å²) in [6.45, 7) is 0.724. The van der Waals surface area contributed by atoms with Gasteiger partial charge in [0.25, 0.3) is 0 Å². The SMILES string of the molecule is CN1OC2(C[C@@H](C34CCC(CC3)OC4)Oc3ccc(-c4cccc(C#N)c4)cc32)N=C1N. The predicted octanol–water partition coefficient (Wildman–Crippen LogP) is 3.68. The van der Waals surface area contributed by atoms with Crippen molar-refractivity contribution in [1.82, 2.24) is 5.06 Å². The highest BCUT2D eigenvalue weighted by molar-refractivity contribution is 5.79. The van der Waals surface area contributed by atoms with Crippen LogP contribution in [0.2, 0.25) is 0 Å². The van der Waals surface area contributed by atoms with E-state index in [0.717, 1.165) is 54.7 Å². The average Bonchev–Trinajstić information content (AvgIpc) is 3.13. The number of nitriles is 1. The fraction of sp³-hybridized carbons (Fsp3) is 0.440. The highest BCUT2D eigenvalue weighted by Crippen LogP contribution is 2.55. The number of ether oxygens (including phenoxy) is 2. The lowest BCUT2D eigenvalue weighted by Crippen LogP contribution is -2.55. The van der Waals surface area contributed by atoms with E-state index >= 15 is 0 Å². The molecule has 7 heteroatoms. The molecule has 164 valence electrons. The molecule has 3 fully saturated rings. The van der Waals surface area contributed by atoms with E-state index in [0.29, 0.717) is 24.0 Å². The summed E-state index contributed by atoms with van der Waals surface area (Å²) in [6, 6.07) is 15.9. The number of fused-ring (bicyclic) bond motifs is 5. The molecule has 7 nitrogen and oxygen atoms in total. The monoisotopic (exact) mass is 430 g/mol. The van der Waals surface area contributed by atoms with Crippen LogP contribution in [0.5, 0.6) is 5.75 Å². The Morgan fingerprint density at radius 3 is 2.66 bits per heavy atom. The minimum Gasteiger partial charge on any atom is -0.489 e. The van der Waals surface area contributed by atoms with Crippen LogP contribution in [0.15, 0.2) is 47.5 Å². The molecule has 1 saturated carbocycles. The maximum absolute atomic E-state index is 9.29. The van der Waals surface area contributed by atoms with Gasteiger partial charge in [0, 0.05) is 18.9 Å². The summed E-state index contributed by atoms with van der Waals surface area (Å²) in [5, 5.41) is 10.8. The third-order valence-corrected chi connectivity index (χ3v) is 7.58. The van der Waals surface area contributed by atoms with Gasteiger partial charge in [0.1, 0.15) is 11.9 Å². The van der Waals surface area contributed by atoms with Crippen LogP contribution in [-0.2, 0) is 15.3 Å². The van der Waals surface area contributed by atoms with E-state index in [-0.39, 0.29) is 11.5 Å². The van der Waals surface area contributed by atoms with Gasteiger partial charge in [0.2, 0.25) is 11.7 Å². The van der Waals surface area contributed by atoms with Crippen LogP contribution in [0, 0.1) is 16.7 Å². The average molecular weight is 431 g/mol. The van der Waals surface area contributed by atoms with E-state index in [2.05, 4.69) is 12.1 Å². The van der Waals surface area contributed by atoms with Crippen LogP contribution in [-0.4, -0.2) is 36.9 Å². The largest absolute Gasteiger partial charge is 0.489 e. The van der Waals surface area contributed by atoms with Crippen LogP contribution in [0.1, 0.15) is 43.2 Å². The Hall–Kier alpha value is -3.08. The highest BCUT2D eigenvalue weighted by atomic mass is 16.7. The van der Waals surface area contributed by atoms with Crippen molar-refractivity contribution in [2.75, 3.05) is 13.7 Å². The minimum atomic E-state index is -0.928. The zero-order valence-corrected chi connectivity index (χ0v) is 18.1. The topological polar surface area (TPSA) is 93.1 Å². The summed E-state index contributed by atoms with van der Waals surface area (Å²) in [6.07, 6.45) is 5.29. The van der Waals surface area contributed by atoms with Gasteiger partial charge in [-0.2, -0.15) is 5.26 Å². The fourth-order valence-corrected chi connectivity index (χ4v) is 5.70. The summed E-state index contributed by atoms with van der Waals surface area (Å²) in [4.78, 5) is 11.1. The highest BCUT2D eigenvalue weighted by Gasteiger charge is 2.56. The molecule has 2 aromatic carbocycles. The standard InChI is InChI=1S/C25H26N4O3/c1-29-23(27)28-25(32-29)13-22(24-9-7-19(8-10-24)30-15-24)31-21-6-5-18(12-20(21)25)17-4-2-3-16(11-17)14-26/h2-6,11-12,19,22H,7-10,13,15H2,1H3,(H2,27,28)/t19?,22-,24?,25?/m0/s1. The van der Waals surface area contributed by atoms with Crippen molar-refractivity contribution in [3.05, 3.63) is 53.6 Å². The van der Waals surface area contributed by atoms with Crippen molar-refractivity contribution in [2.24, 2.45) is 16.1 Å². The van der Waals surface area contributed by atoms with Gasteiger partial charge in [0.05, 0.1) is 29.9 Å². The van der Waals surface area contributed by atoms with Gasteiger partial charge in [0.15, 0.2) is 0 Å². The lowest BCUT2D eigenvalue weighted by Gasteiger charge is -2.52. The Balaban J connectivity index is 1.44. The number of guanidine groups is 1. The Kier molecular flexibility index (Phi) is 4.26. The molecule has 1 aliphatic carbocycles. The number of benzene rings is 2. The van der Waals surface area contributed by atoms with Crippen LogP contribution < -0.4 is 10.5 Å². The summed E-state index contributed by atoms with van der Waals surface area (Å²) in [5.74, 6) is 1.13. The molecule has 0 aromatic heterocycles. The van der Waals surface area contributed by atoms with Crippen LogP contribution >= 0.6 is 0 Å². The molecular formula is C25H26N4O3. The summed E-state index contributed by atoms with van der Waals surface area (Å²) in [7, 11) is 1.78. The Labute approximate surface area is 187 Å². The van der Waals surface area contributed by atoms with Crippen molar-refractivity contribution < 1.29 is 14.3 Å². The first-order chi connectivity index (χ1) is 15.5. The molecule has 1 spiro atoms. The number of hydrogen-bond acceptors (Lipinski definition) is 7. The van der Waals surface area contributed by atoms with Crippen molar-refractivity contribution in [3.8, 4) is 22.9 Å². The van der Waals surface area contributed by atoms with Gasteiger partial charge < -0.3 is 15.2 Å². The molecule has 1 unspecified atom stereocenters. The number of hydroxylamine groups is 2. The second-order valence-electron chi connectivity index (χ2n) is 9.43. The zero-order valence-electron chi connectivity index (χ0n) is 18.1. The molecule has 32 heavy (non-hydrogen) atoms. The molecular weight excluding hydrogens is 404 g/mol. The number of nitrogens with zero attached hydrogens (tertiary/aromatic N) is 3. The Bertz CT molecular complexity index is 1130. The molecule has 4 aliphatic heterocycles. The Morgan fingerprint density at radius 1 is 1.16 bits per heavy atom. The second-order valence-corrected chi connectivity index (χ2v) is 9.43. The van der Waals surface area contributed by atoms with Crippen molar-refractivity contribution in [3.63, 3.8) is 0 Å². The van der Waals surface area contributed by atoms with Crippen molar-refractivity contribution in [2.45, 2.75) is 50.0 Å². The summed E-state index contributed by atoms with van der Waals surface area (Å²) in [5.41, 5.74) is 8.66. The lowest BCUT2D eigenvalue weighted by molar-refractivity contribution is -0.217. The molecule has 4 heterocycles. The number of aliphatic imine (C=N–C) groups is 1. The summed E-state index contributed by atoms with van der Waals surface area (Å²) < 4.78 is 12.7. The van der Waals surface area contributed by atoms with E-state index in [1.54, 1.807) is 18.2 Å². The van der Waals surface area contributed by atoms with Gasteiger partial charge in [-0.3, -0.25) is 0 Å².